The summed E-state index contributed by atoms with van der Waals surface area (Å²) in [6.45, 7) is 0.446. The predicted molar refractivity (Wildman–Crippen MR) is 92.2 cm³/mol. The first kappa shape index (κ1) is 19.3. The number of alkyl halides is 3. The van der Waals surface area contributed by atoms with Crippen LogP contribution in [0.25, 0.3) is 5.65 Å². The second-order valence-electron chi connectivity index (χ2n) is 6.89. The molecule has 1 unspecified atom stereocenters. The molecule has 29 heavy (non-hydrogen) atoms. The van der Waals surface area contributed by atoms with Crippen LogP contribution in [0, 0.1) is 11.6 Å². The monoisotopic (exact) mass is 410 g/mol. The average molecular weight is 410 g/mol. The number of halogens is 5. The summed E-state index contributed by atoms with van der Waals surface area (Å²) < 4.78 is 67.9. The highest BCUT2D eigenvalue weighted by Crippen LogP contribution is 2.31. The Hall–Kier alpha value is -3.04. The largest absolute Gasteiger partial charge is 0.417 e. The van der Waals surface area contributed by atoms with Gasteiger partial charge in [0.15, 0.2) is 17.3 Å². The summed E-state index contributed by atoms with van der Waals surface area (Å²) in [5.74, 6) is -3.10. The molecular formula is C19H15F5N4O. The molecule has 3 heterocycles. The van der Waals surface area contributed by atoms with Gasteiger partial charge in [-0.1, -0.05) is 6.07 Å². The van der Waals surface area contributed by atoms with Crippen LogP contribution < -0.4 is 0 Å². The van der Waals surface area contributed by atoms with Gasteiger partial charge in [0.1, 0.15) is 5.82 Å². The van der Waals surface area contributed by atoms with Gasteiger partial charge < -0.3 is 4.90 Å². The van der Waals surface area contributed by atoms with Crippen molar-refractivity contribution in [2.45, 2.75) is 24.9 Å². The Bertz CT molecular complexity index is 1080. The summed E-state index contributed by atoms with van der Waals surface area (Å²) in [5.41, 5.74) is -0.958. The van der Waals surface area contributed by atoms with E-state index in [9.17, 15) is 26.7 Å². The average Bonchev–Trinajstić information content (AvgIpc) is 3.12. The van der Waals surface area contributed by atoms with Crippen LogP contribution in [0.2, 0.25) is 0 Å². The van der Waals surface area contributed by atoms with Gasteiger partial charge in [0.25, 0.3) is 5.91 Å². The molecule has 1 amide bonds. The Morgan fingerprint density at radius 1 is 1.10 bits per heavy atom. The van der Waals surface area contributed by atoms with Crippen LogP contribution in [0.4, 0.5) is 22.0 Å². The van der Waals surface area contributed by atoms with E-state index in [0.717, 1.165) is 18.3 Å². The first-order valence-electron chi connectivity index (χ1n) is 8.91. The third-order valence-electron chi connectivity index (χ3n) is 5.01. The topological polar surface area (TPSA) is 50.5 Å². The van der Waals surface area contributed by atoms with Crippen LogP contribution >= 0.6 is 0 Å². The molecule has 1 aromatic carbocycles. The minimum Gasteiger partial charge on any atom is -0.338 e. The molecule has 1 saturated heterocycles. The number of carbonyl (C=O) groups excluding carboxylic acids is 1. The zero-order valence-corrected chi connectivity index (χ0v) is 15.0. The number of likely N-dealkylation sites (tertiary alicyclic amines) is 1. The normalized spacial score (nSPS) is 17.7. The zero-order chi connectivity index (χ0) is 20.8. The van der Waals surface area contributed by atoms with E-state index in [1.54, 1.807) is 0 Å². The first-order chi connectivity index (χ1) is 13.8. The van der Waals surface area contributed by atoms with Gasteiger partial charge in [0.05, 0.1) is 11.1 Å². The maximum absolute atomic E-state index is 14.0. The lowest BCUT2D eigenvalue weighted by Gasteiger charge is -2.32. The molecule has 0 spiro atoms. The molecule has 4 rings (SSSR count). The molecule has 0 radical (unpaired) electrons. The smallest absolute Gasteiger partial charge is 0.338 e. The fourth-order valence-electron chi connectivity index (χ4n) is 3.57. The van der Waals surface area contributed by atoms with Gasteiger partial charge in [-0.2, -0.15) is 13.2 Å². The molecule has 5 nitrogen and oxygen atoms in total. The lowest BCUT2D eigenvalue weighted by molar-refractivity contribution is -0.137. The standard InChI is InChI=1S/C19H15F5N4O/c20-14-5-1-4-13(16(14)21)18(29)27-8-2-3-11(9-27)17-26-25-15-7-6-12(10-28(15)17)19(22,23)24/h1,4-7,10-11H,2-3,8-9H2. The Balaban J connectivity index is 1.63. The summed E-state index contributed by atoms with van der Waals surface area (Å²) in [7, 11) is 0. The van der Waals surface area contributed by atoms with E-state index in [2.05, 4.69) is 10.2 Å². The molecule has 1 atom stereocenters. The van der Waals surface area contributed by atoms with E-state index in [1.807, 2.05) is 0 Å². The molecule has 0 N–H and O–H groups in total. The molecular weight excluding hydrogens is 395 g/mol. The molecule has 1 aliphatic heterocycles. The molecule has 152 valence electrons. The molecule has 0 aliphatic carbocycles. The quantitative estimate of drug-likeness (QED) is 0.599. The van der Waals surface area contributed by atoms with Crippen molar-refractivity contribution in [2.24, 2.45) is 0 Å². The van der Waals surface area contributed by atoms with E-state index in [0.29, 0.717) is 25.2 Å². The summed E-state index contributed by atoms with van der Waals surface area (Å²) in [6.07, 6.45) is -2.47. The van der Waals surface area contributed by atoms with Gasteiger partial charge in [0, 0.05) is 25.2 Å². The SMILES string of the molecule is O=C(c1cccc(F)c1F)N1CCCC(c2nnc3ccc(C(F)(F)F)cn23)C1. The Morgan fingerprint density at radius 2 is 1.90 bits per heavy atom. The van der Waals surface area contributed by atoms with E-state index >= 15 is 0 Å². The number of fused-ring (bicyclic) bond motifs is 1. The predicted octanol–water partition coefficient (Wildman–Crippen LogP) is 4.05. The number of amides is 1. The Morgan fingerprint density at radius 3 is 2.66 bits per heavy atom. The van der Waals surface area contributed by atoms with Crippen molar-refractivity contribution in [3.8, 4) is 0 Å². The minimum atomic E-state index is -4.51. The van der Waals surface area contributed by atoms with Crippen molar-refractivity contribution in [2.75, 3.05) is 13.1 Å². The second kappa shape index (κ2) is 7.09. The number of aromatic nitrogens is 3. The molecule has 0 bridgehead atoms. The number of hydrogen-bond acceptors (Lipinski definition) is 3. The molecule has 3 aromatic rings. The van der Waals surface area contributed by atoms with Crippen LogP contribution in [-0.2, 0) is 6.18 Å². The minimum absolute atomic E-state index is 0.117. The summed E-state index contributed by atoms with van der Waals surface area (Å²) in [5, 5.41) is 7.92. The highest BCUT2D eigenvalue weighted by molar-refractivity contribution is 5.94. The molecule has 0 saturated carbocycles. The fraction of sp³-hybridized carbons (Fsp3) is 0.316. The summed E-state index contributed by atoms with van der Waals surface area (Å²) >= 11 is 0. The van der Waals surface area contributed by atoms with Crippen molar-refractivity contribution in [1.29, 1.82) is 0 Å². The molecule has 10 heteroatoms. The van der Waals surface area contributed by atoms with E-state index in [1.165, 1.54) is 27.5 Å². The van der Waals surface area contributed by atoms with E-state index in [-0.39, 0.29) is 23.7 Å². The van der Waals surface area contributed by atoms with E-state index < -0.39 is 29.3 Å². The first-order valence-corrected chi connectivity index (χ1v) is 8.91. The Labute approximate surface area is 161 Å². The van der Waals surface area contributed by atoms with Crippen LogP contribution in [0.5, 0.6) is 0 Å². The second-order valence-corrected chi connectivity index (χ2v) is 6.89. The van der Waals surface area contributed by atoms with Gasteiger partial charge in [-0.05, 0) is 37.1 Å². The van der Waals surface area contributed by atoms with Gasteiger partial charge in [0.2, 0.25) is 0 Å². The molecule has 1 fully saturated rings. The van der Waals surface area contributed by atoms with Gasteiger partial charge in [-0.15, -0.1) is 10.2 Å². The third kappa shape index (κ3) is 3.54. The zero-order valence-electron chi connectivity index (χ0n) is 15.0. The number of nitrogens with zero attached hydrogens (tertiary/aromatic N) is 4. The van der Waals surface area contributed by atoms with Crippen molar-refractivity contribution < 1.29 is 26.7 Å². The Kier molecular flexibility index (Phi) is 4.71. The summed E-state index contributed by atoms with van der Waals surface area (Å²) in [4.78, 5) is 14.0. The van der Waals surface area contributed by atoms with Gasteiger partial charge >= 0.3 is 6.18 Å². The maximum Gasteiger partial charge on any atom is 0.417 e. The van der Waals surface area contributed by atoms with Crippen LogP contribution in [-0.4, -0.2) is 38.5 Å². The van der Waals surface area contributed by atoms with Crippen LogP contribution in [0.1, 0.15) is 40.5 Å². The molecule has 1 aliphatic rings. The third-order valence-corrected chi connectivity index (χ3v) is 5.01. The van der Waals surface area contributed by atoms with E-state index in [4.69, 9.17) is 0 Å². The maximum atomic E-state index is 14.0. The van der Waals surface area contributed by atoms with Gasteiger partial charge in [-0.3, -0.25) is 9.20 Å². The molecule has 2 aromatic heterocycles. The number of carbonyl (C=O) groups is 1. The number of hydrogen-bond donors (Lipinski definition) is 0. The van der Waals surface area contributed by atoms with Crippen molar-refractivity contribution in [1.82, 2.24) is 19.5 Å². The lowest BCUT2D eigenvalue weighted by atomic mass is 9.96. The van der Waals surface area contributed by atoms with Crippen LogP contribution in [0.15, 0.2) is 36.5 Å². The number of benzene rings is 1. The highest BCUT2D eigenvalue weighted by Gasteiger charge is 2.33. The summed E-state index contributed by atoms with van der Waals surface area (Å²) in [6, 6.07) is 5.53. The van der Waals surface area contributed by atoms with Crippen molar-refractivity contribution >= 4 is 11.6 Å². The van der Waals surface area contributed by atoms with Crippen LogP contribution in [0.3, 0.4) is 0 Å². The highest BCUT2D eigenvalue weighted by atomic mass is 19.4. The van der Waals surface area contributed by atoms with Gasteiger partial charge in [-0.25, -0.2) is 8.78 Å². The number of piperidine rings is 1. The fourth-order valence-corrected chi connectivity index (χ4v) is 3.57. The lowest BCUT2D eigenvalue weighted by Crippen LogP contribution is -2.40. The number of rotatable bonds is 2. The van der Waals surface area contributed by atoms with Crippen molar-refractivity contribution in [3.63, 3.8) is 0 Å². The van der Waals surface area contributed by atoms with Crippen molar-refractivity contribution in [3.05, 3.63) is 65.1 Å². The number of pyridine rings is 1.